The van der Waals surface area contributed by atoms with Crippen LogP contribution in [0.25, 0.3) is 0 Å². The molecule has 1 aromatic heterocycles. The SMILES string of the molecule is CCCOc1nc(N)nc(SC)n1. The van der Waals surface area contributed by atoms with Gasteiger partial charge in [-0.3, -0.25) is 0 Å². The Labute approximate surface area is 81.1 Å². The summed E-state index contributed by atoms with van der Waals surface area (Å²) in [5, 5.41) is 0.582. The summed E-state index contributed by atoms with van der Waals surface area (Å²) >= 11 is 1.41. The molecule has 13 heavy (non-hydrogen) atoms. The van der Waals surface area contributed by atoms with E-state index < -0.39 is 0 Å². The average molecular weight is 200 g/mol. The van der Waals surface area contributed by atoms with Crippen LogP contribution in [-0.4, -0.2) is 27.8 Å². The summed E-state index contributed by atoms with van der Waals surface area (Å²) in [6.07, 6.45) is 2.79. The summed E-state index contributed by atoms with van der Waals surface area (Å²) in [6.45, 7) is 2.61. The van der Waals surface area contributed by atoms with E-state index in [-0.39, 0.29) is 5.95 Å². The van der Waals surface area contributed by atoms with Crippen molar-refractivity contribution in [3.8, 4) is 6.01 Å². The number of nitrogens with zero attached hydrogens (tertiary/aromatic N) is 3. The largest absolute Gasteiger partial charge is 0.463 e. The molecule has 1 heterocycles. The number of rotatable bonds is 4. The Morgan fingerprint density at radius 3 is 2.77 bits per heavy atom. The van der Waals surface area contributed by atoms with Crippen molar-refractivity contribution in [1.29, 1.82) is 0 Å². The molecule has 6 heteroatoms. The molecular formula is C7H12N4OS. The van der Waals surface area contributed by atoms with Gasteiger partial charge in [-0.1, -0.05) is 18.7 Å². The Kier molecular flexibility index (Phi) is 3.75. The number of nitrogen functional groups attached to an aromatic ring is 1. The monoisotopic (exact) mass is 200 g/mol. The number of hydrogen-bond donors (Lipinski definition) is 1. The van der Waals surface area contributed by atoms with E-state index in [0.717, 1.165) is 6.42 Å². The summed E-state index contributed by atoms with van der Waals surface area (Å²) in [5.74, 6) is 0.199. The highest BCUT2D eigenvalue weighted by molar-refractivity contribution is 7.98. The first-order chi connectivity index (χ1) is 6.26. The van der Waals surface area contributed by atoms with Gasteiger partial charge >= 0.3 is 6.01 Å². The minimum Gasteiger partial charge on any atom is -0.463 e. The molecule has 1 rings (SSSR count). The van der Waals surface area contributed by atoms with Crippen LogP contribution in [0.15, 0.2) is 5.16 Å². The van der Waals surface area contributed by atoms with Crippen LogP contribution in [0.1, 0.15) is 13.3 Å². The molecule has 1 aromatic rings. The Morgan fingerprint density at radius 2 is 2.15 bits per heavy atom. The molecule has 0 bridgehead atoms. The number of aromatic nitrogens is 3. The summed E-state index contributed by atoms with van der Waals surface area (Å²) < 4.78 is 5.22. The summed E-state index contributed by atoms with van der Waals surface area (Å²) in [4.78, 5) is 11.8. The zero-order chi connectivity index (χ0) is 9.68. The van der Waals surface area contributed by atoms with Gasteiger partial charge in [0.05, 0.1) is 6.61 Å². The highest BCUT2D eigenvalue weighted by Crippen LogP contribution is 2.12. The Bertz CT molecular complexity index is 281. The first-order valence-electron chi connectivity index (χ1n) is 3.94. The quantitative estimate of drug-likeness (QED) is 0.730. The number of anilines is 1. The number of nitrogens with two attached hydrogens (primary N) is 1. The lowest BCUT2D eigenvalue weighted by molar-refractivity contribution is 0.288. The van der Waals surface area contributed by atoms with Crippen molar-refractivity contribution < 1.29 is 4.74 Å². The maximum absolute atomic E-state index is 5.45. The molecule has 0 aliphatic rings. The van der Waals surface area contributed by atoms with Gasteiger partial charge in [-0.05, 0) is 12.7 Å². The van der Waals surface area contributed by atoms with Gasteiger partial charge in [-0.25, -0.2) is 0 Å². The standard InChI is InChI=1S/C7H12N4OS/c1-3-4-12-6-9-5(8)10-7(11-6)13-2/h3-4H2,1-2H3,(H2,8,9,10,11). The molecule has 0 radical (unpaired) electrons. The topological polar surface area (TPSA) is 73.9 Å². The van der Waals surface area contributed by atoms with Crippen LogP contribution >= 0.6 is 11.8 Å². The fraction of sp³-hybridized carbons (Fsp3) is 0.571. The van der Waals surface area contributed by atoms with Crippen molar-refractivity contribution in [3.05, 3.63) is 0 Å². The van der Waals surface area contributed by atoms with Crippen LogP contribution in [0, 0.1) is 0 Å². The van der Waals surface area contributed by atoms with Crippen molar-refractivity contribution in [2.45, 2.75) is 18.5 Å². The maximum Gasteiger partial charge on any atom is 0.322 e. The molecular weight excluding hydrogens is 188 g/mol. The van der Waals surface area contributed by atoms with E-state index in [0.29, 0.717) is 17.8 Å². The molecule has 0 unspecified atom stereocenters. The van der Waals surface area contributed by atoms with Crippen molar-refractivity contribution in [1.82, 2.24) is 15.0 Å². The number of ether oxygens (including phenoxy) is 1. The molecule has 2 N–H and O–H groups in total. The van der Waals surface area contributed by atoms with E-state index in [1.807, 2.05) is 13.2 Å². The highest BCUT2D eigenvalue weighted by Gasteiger charge is 2.03. The number of hydrogen-bond acceptors (Lipinski definition) is 6. The zero-order valence-corrected chi connectivity index (χ0v) is 8.47. The third-order valence-electron chi connectivity index (χ3n) is 1.23. The van der Waals surface area contributed by atoms with E-state index in [2.05, 4.69) is 15.0 Å². The molecule has 0 saturated carbocycles. The molecule has 72 valence electrons. The van der Waals surface area contributed by atoms with Gasteiger partial charge in [-0.15, -0.1) is 0 Å². The van der Waals surface area contributed by atoms with E-state index in [1.54, 1.807) is 0 Å². The Morgan fingerprint density at radius 1 is 1.38 bits per heavy atom. The average Bonchev–Trinajstić information content (AvgIpc) is 2.14. The second kappa shape index (κ2) is 4.86. The van der Waals surface area contributed by atoms with Crippen LogP contribution in [-0.2, 0) is 0 Å². The molecule has 0 spiro atoms. The summed E-state index contributed by atoms with van der Waals surface area (Å²) in [5.41, 5.74) is 5.45. The van der Waals surface area contributed by atoms with Gasteiger partial charge in [0, 0.05) is 0 Å². The minimum atomic E-state index is 0.199. The van der Waals surface area contributed by atoms with Crippen molar-refractivity contribution in [3.63, 3.8) is 0 Å². The second-order valence-electron chi connectivity index (χ2n) is 2.31. The van der Waals surface area contributed by atoms with Gasteiger partial charge < -0.3 is 10.5 Å². The fourth-order valence-electron chi connectivity index (χ4n) is 0.702. The Hall–Kier alpha value is -1.04. The van der Waals surface area contributed by atoms with E-state index in [1.165, 1.54) is 11.8 Å². The van der Waals surface area contributed by atoms with Gasteiger partial charge in [0.1, 0.15) is 0 Å². The zero-order valence-electron chi connectivity index (χ0n) is 7.65. The Balaban J connectivity index is 2.76. The number of thioether (sulfide) groups is 1. The molecule has 0 amide bonds. The minimum absolute atomic E-state index is 0.199. The molecule has 0 atom stereocenters. The van der Waals surface area contributed by atoms with Crippen molar-refractivity contribution in [2.75, 3.05) is 18.6 Å². The normalized spacial score (nSPS) is 10.0. The molecule has 0 aromatic carbocycles. The van der Waals surface area contributed by atoms with Gasteiger partial charge in [0.2, 0.25) is 5.95 Å². The highest BCUT2D eigenvalue weighted by atomic mass is 32.2. The predicted molar refractivity (Wildman–Crippen MR) is 51.8 cm³/mol. The summed E-state index contributed by atoms with van der Waals surface area (Å²) in [6, 6.07) is 0.304. The van der Waals surface area contributed by atoms with Crippen molar-refractivity contribution in [2.24, 2.45) is 0 Å². The second-order valence-corrected chi connectivity index (χ2v) is 3.08. The molecule has 5 nitrogen and oxygen atoms in total. The predicted octanol–water partition coefficient (Wildman–Crippen LogP) is 0.965. The van der Waals surface area contributed by atoms with Gasteiger partial charge in [0.25, 0.3) is 0 Å². The van der Waals surface area contributed by atoms with Gasteiger partial charge in [0.15, 0.2) is 5.16 Å². The van der Waals surface area contributed by atoms with Crippen molar-refractivity contribution >= 4 is 17.7 Å². The molecule has 0 aliphatic carbocycles. The van der Waals surface area contributed by atoms with E-state index >= 15 is 0 Å². The lowest BCUT2D eigenvalue weighted by atomic mass is 10.5. The first kappa shape index (κ1) is 10.0. The lowest BCUT2D eigenvalue weighted by Gasteiger charge is -2.03. The third-order valence-corrected chi connectivity index (χ3v) is 1.78. The summed E-state index contributed by atoms with van der Waals surface area (Å²) in [7, 11) is 0. The van der Waals surface area contributed by atoms with E-state index in [4.69, 9.17) is 10.5 Å². The fourth-order valence-corrected chi connectivity index (χ4v) is 1.06. The van der Waals surface area contributed by atoms with Crippen LogP contribution < -0.4 is 10.5 Å². The molecule has 0 saturated heterocycles. The van der Waals surface area contributed by atoms with Gasteiger partial charge in [-0.2, -0.15) is 15.0 Å². The van der Waals surface area contributed by atoms with Crippen LogP contribution in [0.3, 0.4) is 0 Å². The van der Waals surface area contributed by atoms with Crippen LogP contribution in [0.2, 0.25) is 0 Å². The third kappa shape index (κ3) is 3.06. The van der Waals surface area contributed by atoms with Crippen LogP contribution in [0.5, 0.6) is 6.01 Å². The first-order valence-corrected chi connectivity index (χ1v) is 5.17. The maximum atomic E-state index is 5.45. The van der Waals surface area contributed by atoms with Crippen LogP contribution in [0.4, 0.5) is 5.95 Å². The lowest BCUT2D eigenvalue weighted by Crippen LogP contribution is -2.05. The smallest absolute Gasteiger partial charge is 0.322 e. The molecule has 0 aliphatic heterocycles. The molecule has 0 fully saturated rings. The van der Waals surface area contributed by atoms with E-state index in [9.17, 15) is 0 Å².